The first-order chi connectivity index (χ1) is 32.1. The van der Waals surface area contributed by atoms with Crippen molar-refractivity contribution < 1.29 is 82.8 Å². The van der Waals surface area contributed by atoms with Crippen LogP contribution >= 0.6 is 11.8 Å². The van der Waals surface area contributed by atoms with Crippen LogP contribution in [0.5, 0.6) is 0 Å². The molecule has 0 unspecified atom stereocenters. The summed E-state index contributed by atoms with van der Waals surface area (Å²) in [4.78, 5) is 168. The number of hydrogen-bond donors (Lipinski definition) is 16. The summed E-state index contributed by atoms with van der Waals surface area (Å²) in [5.41, 5.74) is 26.7. The van der Waals surface area contributed by atoms with E-state index in [2.05, 4.69) is 31.6 Å². The van der Waals surface area contributed by atoms with Gasteiger partial charge in [0, 0.05) is 13.0 Å². The number of carbonyl (C=O) groups excluding carboxylic acids is 9. The van der Waals surface area contributed by atoms with Crippen LogP contribution in [-0.2, 0) is 62.3 Å². The third-order valence-electron chi connectivity index (χ3n) is 9.71. The minimum absolute atomic E-state index is 0.0284. The van der Waals surface area contributed by atoms with E-state index in [1.165, 1.54) is 0 Å². The van der Waals surface area contributed by atoms with Gasteiger partial charge in [-0.3, -0.25) is 62.5 Å². The van der Waals surface area contributed by atoms with E-state index in [0.717, 1.165) is 11.8 Å². The minimum atomic E-state index is -2.11. The van der Waals surface area contributed by atoms with Crippen molar-refractivity contribution in [1.29, 1.82) is 0 Å². The van der Waals surface area contributed by atoms with Gasteiger partial charge in [0.05, 0.1) is 31.7 Å². The van der Waals surface area contributed by atoms with Crippen LogP contribution in [0.25, 0.3) is 0 Å². The molecule has 21 N–H and O–H groups in total. The van der Waals surface area contributed by atoms with E-state index in [4.69, 9.17) is 28.7 Å². The summed E-state index contributed by atoms with van der Waals surface area (Å²) in [6.07, 6.45) is -3.50. The van der Waals surface area contributed by atoms with Crippen LogP contribution in [0.1, 0.15) is 78.1 Å². The maximum atomic E-state index is 13.7. The van der Waals surface area contributed by atoms with Crippen molar-refractivity contribution in [1.82, 2.24) is 37.2 Å². The zero-order valence-corrected chi connectivity index (χ0v) is 38.8. The number of carbonyl (C=O) groups is 13. The average Bonchev–Trinajstić information content (AvgIpc) is 3.24. The molecular formula is C38H63N13O17S. The van der Waals surface area contributed by atoms with Gasteiger partial charge in [0.2, 0.25) is 53.2 Å². The van der Waals surface area contributed by atoms with E-state index in [9.17, 15) is 82.8 Å². The Morgan fingerprint density at radius 1 is 0.522 bits per heavy atom. The summed E-state index contributed by atoms with van der Waals surface area (Å²) in [7, 11) is 0. The molecule has 9 amide bonds. The van der Waals surface area contributed by atoms with Crippen LogP contribution in [0.3, 0.4) is 0 Å². The Bertz CT molecular complexity index is 1920. The lowest BCUT2D eigenvalue weighted by Crippen LogP contribution is -2.61. The molecule has 0 aliphatic heterocycles. The predicted molar refractivity (Wildman–Crippen MR) is 240 cm³/mol. The largest absolute Gasteiger partial charge is 0.481 e. The summed E-state index contributed by atoms with van der Waals surface area (Å²) < 4.78 is 0. The van der Waals surface area contributed by atoms with E-state index >= 15 is 0 Å². The molecule has 0 aliphatic rings. The quantitative estimate of drug-likeness (QED) is 0.0159. The topological polar surface area (TPSA) is 529 Å². The SMILES string of the molecule is CC[C@H](C)[C@H](NC(=O)[C@@H](N)CCC(N)=O)C(=O)N[C@@H](CC(=O)O)C(=O)N[C@@H](CCSC)C(=O)N[C@@H](CC(=O)O)C(=O)N[C@@H](CC(N)=O)C(=O)N[C@@H](CC(=O)O)C(=O)N[C@@H](CCCN=C(N)N)C(=O)O. The van der Waals surface area contributed by atoms with E-state index < -0.39 is 157 Å². The number of nitrogens with zero attached hydrogens (tertiary/aromatic N) is 1. The first-order valence-corrected chi connectivity index (χ1v) is 22.4. The standard InChI is InChI=1S/C38H63N13O17S/c1-4-16(2)29(51-30(60)17(39)7-8-24(40)52)36(66)50-23(15-28(58)59)33(63)45-18(9-11-69-3)31(61)48-22(14-27(56)57)35(65)47-20(12-25(41)53)32(62)49-21(13-26(54)55)34(64)46-19(37(67)68)6-5-10-44-38(42)43/h16-23,29H,4-15,39H2,1-3H3,(H2,40,52)(H2,41,53)(H,45,63)(H,46,64)(H,47,65)(H,48,61)(H,49,62)(H,50,66)(H,51,60)(H,54,55)(H,56,57)(H,58,59)(H,67,68)(H4,42,43,44)/t16-,17-,18-,19-,20-,21-,22-,23-,29-/m0/s1. The number of nitrogens with two attached hydrogens (primary N) is 5. The van der Waals surface area contributed by atoms with Crippen LogP contribution in [-0.4, -0.2) is 170 Å². The van der Waals surface area contributed by atoms with Crippen molar-refractivity contribution in [2.75, 3.05) is 18.6 Å². The van der Waals surface area contributed by atoms with Crippen LogP contribution in [0.2, 0.25) is 0 Å². The van der Waals surface area contributed by atoms with Crippen molar-refractivity contribution >= 4 is 94.8 Å². The van der Waals surface area contributed by atoms with Gasteiger partial charge in [0.25, 0.3) is 0 Å². The highest BCUT2D eigenvalue weighted by atomic mass is 32.2. The van der Waals surface area contributed by atoms with Gasteiger partial charge in [-0.25, -0.2) is 4.79 Å². The number of nitrogens with one attached hydrogen (secondary N) is 7. The molecular weight excluding hydrogens is 943 g/mol. The molecule has 0 aliphatic carbocycles. The molecule has 0 heterocycles. The van der Waals surface area contributed by atoms with Crippen LogP contribution < -0.4 is 65.9 Å². The lowest BCUT2D eigenvalue weighted by Gasteiger charge is -2.28. The molecule has 69 heavy (non-hydrogen) atoms. The number of primary amides is 2. The molecule has 0 rings (SSSR count). The van der Waals surface area contributed by atoms with E-state index in [-0.39, 0.29) is 56.8 Å². The van der Waals surface area contributed by atoms with Gasteiger partial charge in [0.15, 0.2) is 5.96 Å². The van der Waals surface area contributed by atoms with Crippen LogP contribution in [0.15, 0.2) is 4.99 Å². The van der Waals surface area contributed by atoms with Crippen molar-refractivity contribution in [3.8, 4) is 0 Å². The number of rotatable bonds is 35. The lowest BCUT2D eigenvalue weighted by atomic mass is 9.97. The van der Waals surface area contributed by atoms with Gasteiger partial charge in [-0.05, 0) is 43.6 Å². The average molecular weight is 1010 g/mol. The number of aliphatic imine (C=N–C) groups is 1. The first-order valence-electron chi connectivity index (χ1n) is 21.0. The summed E-state index contributed by atoms with van der Waals surface area (Å²) in [6.45, 7) is 3.17. The third-order valence-corrected chi connectivity index (χ3v) is 10.4. The number of hydrogen-bond acceptors (Lipinski definition) is 16. The number of amides is 9. The van der Waals surface area contributed by atoms with Gasteiger partial charge in [-0.15, -0.1) is 0 Å². The molecule has 0 bridgehead atoms. The molecule has 9 atom stereocenters. The second kappa shape index (κ2) is 31.6. The van der Waals surface area contributed by atoms with Gasteiger partial charge in [0.1, 0.15) is 42.3 Å². The maximum absolute atomic E-state index is 13.7. The highest BCUT2D eigenvalue weighted by Gasteiger charge is 2.37. The van der Waals surface area contributed by atoms with Crippen LogP contribution in [0.4, 0.5) is 0 Å². The number of thioether (sulfide) groups is 1. The fourth-order valence-electron chi connectivity index (χ4n) is 5.84. The predicted octanol–water partition coefficient (Wildman–Crippen LogP) is -6.79. The van der Waals surface area contributed by atoms with Gasteiger partial charge >= 0.3 is 23.9 Å². The second-order valence-corrected chi connectivity index (χ2v) is 16.4. The van der Waals surface area contributed by atoms with Crippen molar-refractivity contribution in [3.63, 3.8) is 0 Å². The number of guanidine groups is 1. The van der Waals surface area contributed by atoms with E-state index in [1.54, 1.807) is 20.1 Å². The molecule has 0 saturated heterocycles. The Hall–Kier alpha value is -7.31. The Morgan fingerprint density at radius 3 is 1.30 bits per heavy atom. The number of carboxylic acid groups (broad SMARTS) is 4. The van der Waals surface area contributed by atoms with E-state index in [1.807, 2.05) is 10.6 Å². The van der Waals surface area contributed by atoms with Gasteiger partial charge in [-0.1, -0.05) is 20.3 Å². The maximum Gasteiger partial charge on any atom is 0.326 e. The highest BCUT2D eigenvalue weighted by Crippen LogP contribution is 2.12. The molecule has 0 saturated carbocycles. The van der Waals surface area contributed by atoms with Gasteiger partial charge in [-0.2, -0.15) is 11.8 Å². The summed E-state index contributed by atoms with van der Waals surface area (Å²) >= 11 is 1.16. The summed E-state index contributed by atoms with van der Waals surface area (Å²) in [6, 6.07) is -14.1. The fourth-order valence-corrected chi connectivity index (χ4v) is 6.31. The van der Waals surface area contributed by atoms with Gasteiger partial charge < -0.3 is 86.3 Å². The lowest BCUT2D eigenvalue weighted by molar-refractivity contribution is -0.144. The van der Waals surface area contributed by atoms with E-state index in [0.29, 0.717) is 0 Å². The number of aliphatic carboxylic acids is 4. The molecule has 0 fully saturated rings. The fraction of sp³-hybridized carbons (Fsp3) is 0.632. The first kappa shape index (κ1) is 61.7. The smallest absolute Gasteiger partial charge is 0.326 e. The van der Waals surface area contributed by atoms with Crippen LogP contribution in [0, 0.1) is 5.92 Å². The third kappa shape index (κ3) is 25.4. The zero-order chi connectivity index (χ0) is 53.1. The molecule has 0 radical (unpaired) electrons. The summed E-state index contributed by atoms with van der Waals surface area (Å²) in [5, 5.41) is 53.4. The molecule has 388 valence electrons. The van der Waals surface area contributed by atoms with Crippen molar-refractivity contribution in [2.45, 2.75) is 126 Å². The molecule has 0 spiro atoms. The normalized spacial score (nSPS) is 14.7. The minimum Gasteiger partial charge on any atom is -0.481 e. The van der Waals surface area contributed by atoms with Crippen molar-refractivity contribution in [3.05, 3.63) is 0 Å². The molecule has 0 aromatic rings. The Morgan fingerprint density at radius 2 is 0.928 bits per heavy atom. The molecule has 0 aromatic heterocycles. The molecule has 0 aromatic carbocycles. The van der Waals surface area contributed by atoms with Crippen molar-refractivity contribution in [2.24, 2.45) is 39.6 Å². The zero-order valence-electron chi connectivity index (χ0n) is 38.0. The molecule has 30 nitrogen and oxygen atoms in total. The highest BCUT2D eigenvalue weighted by molar-refractivity contribution is 7.98. The number of carboxylic acids is 4. The molecule has 31 heteroatoms. The second-order valence-electron chi connectivity index (χ2n) is 15.4. The summed E-state index contributed by atoms with van der Waals surface area (Å²) in [5.74, 6) is -18.0. The monoisotopic (exact) mass is 1010 g/mol. The Kier molecular flexibility index (Phi) is 28.3. The Labute approximate surface area is 398 Å². The Balaban J connectivity index is 6.55.